The van der Waals surface area contributed by atoms with Gasteiger partial charge < -0.3 is 0 Å². The molecular weight excluding hydrogens is 154 g/mol. The first kappa shape index (κ1) is 8.60. The largest absolute Gasteiger partial charge is 0.250 e. The molecule has 1 heterocycles. The first-order valence-electron chi connectivity index (χ1n) is 3.97. The summed E-state index contributed by atoms with van der Waals surface area (Å²) < 4.78 is 0. The molecule has 1 aromatic heterocycles. The van der Waals surface area contributed by atoms with Crippen LogP contribution in [0.5, 0.6) is 0 Å². The molecule has 1 aromatic rings. The van der Waals surface area contributed by atoms with Gasteiger partial charge in [0.25, 0.3) is 0 Å². The van der Waals surface area contributed by atoms with Crippen molar-refractivity contribution in [2.75, 3.05) is 5.75 Å². The van der Waals surface area contributed by atoms with Crippen LogP contribution in [0.25, 0.3) is 0 Å². The molecule has 0 fully saturated rings. The maximum Gasteiger partial charge on any atom is 0.0959 e. The Balaban J connectivity index is 2.28. The zero-order valence-corrected chi connectivity index (χ0v) is 7.60. The predicted octanol–water partition coefficient (Wildman–Crippen LogP) is 2.97. The van der Waals surface area contributed by atoms with Gasteiger partial charge in [-0.05, 0) is 24.3 Å². The van der Waals surface area contributed by atoms with Crippen LogP contribution in [0.4, 0.5) is 0 Å². The van der Waals surface area contributed by atoms with Crippen molar-refractivity contribution in [3.05, 3.63) is 24.4 Å². The normalized spacial score (nSPS) is 9.91. The Bertz CT molecular complexity index is 186. The first-order chi connectivity index (χ1) is 5.43. The number of nitrogens with zero attached hydrogens (tertiary/aromatic N) is 1. The summed E-state index contributed by atoms with van der Waals surface area (Å²) in [6, 6.07) is 6.03. The van der Waals surface area contributed by atoms with Crippen LogP contribution in [0.2, 0.25) is 0 Å². The minimum Gasteiger partial charge on any atom is -0.250 e. The van der Waals surface area contributed by atoms with Crippen molar-refractivity contribution in [3.63, 3.8) is 0 Å². The average molecular weight is 167 g/mol. The van der Waals surface area contributed by atoms with E-state index in [-0.39, 0.29) is 0 Å². The number of aromatic nitrogens is 1. The van der Waals surface area contributed by atoms with Gasteiger partial charge in [0.1, 0.15) is 0 Å². The smallest absolute Gasteiger partial charge is 0.0959 e. The minimum atomic E-state index is 1.14. The second-order valence-electron chi connectivity index (χ2n) is 2.37. The van der Waals surface area contributed by atoms with E-state index in [1.54, 1.807) is 0 Å². The van der Waals surface area contributed by atoms with E-state index in [9.17, 15) is 0 Å². The maximum atomic E-state index is 4.21. The van der Waals surface area contributed by atoms with Crippen molar-refractivity contribution >= 4 is 11.8 Å². The van der Waals surface area contributed by atoms with Gasteiger partial charge in [0.15, 0.2) is 0 Å². The molecule has 0 radical (unpaired) electrons. The standard InChI is InChI=1S/C9H13NS/c1-2-3-8-11-9-6-4-5-7-10-9/h4-7H,2-3,8H2,1H3. The van der Waals surface area contributed by atoms with Crippen molar-refractivity contribution in [1.29, 1.82) is 0 Å². The molecule has 0 aliphatic rings. The van der Waals surface area contributed by atoms with Gasteiger partial charge in [-0.25, -0.2) is 4.98 Å². The highest BCUT2D eigenvalue weighted by molar-refractivity contribution is 7.99. The SMILES string of the molecule is CCCCSc1ccccn1. The molecular formula is C9H13NS. The number of unbranched alkanes of at least 4 members (excludes halogenated alkanes) is 1. The highest BCUT2D eigenvalue weighted by atomic mass is 32.2. The molecule has 0 atom stereocenters. The number of hydrogen-bond acceptors (Lipinski definition) is 2. The van der Waals surface area contributed by atoms with Crippen LogP contribution in [0.1, 0.15) is 19.8 Å². The van der Waals surface area contributed by atoms with E-state index in [0.717, 1.165) is 5.03 Å². The third-order valence-corrected chi connectivity index (χ3v) is 2.42. The summed E-state index contributed by atoms with van der Waals surface area (Å²) in [5, 5.41) is 1.14. The Kier molecular flexibility index (Phi) is 4.06. The van der Waals surface area contributed by atoms with E-state index in [1.165, 1.54) is 18.6 Å². The lowest BCUT2D eigenvalue weighted by molar-refractivity contribution is 0.894. The Labute approximate surface area is 72.2 Å². The van der Waals surface area contributed by atoms with E-state index in [1.807, 2.05) is 30.1 Å². The quantitative estimate of drug-likeness (QED) is 0.505. The molecule has 0 amide bonds. The van der Waals surface area contributed by atoms with Gasteiger partial charge in [0.2, 0.25) is 0 Å². The molecule has 0 N–H and O–H groups in total. The monoisotopic (exact) mass is 167 g/mol. The molecule has 0 aliphatic heterocycles. The van der Waals surface area contributed by atoms with Crippen LogP contribution in [0.15, 0.2) is 29.4 Å². The molecule has 0 aromatic carbocycles. The van der Waals surface area contributed by atoms with Gasteiger partial charge in [0.05, 0.1) is 5.03 Å². The van der Waals surface area contributed by atoms with Crippen molar-refractivity contribution in [1.82, 2.24) is 4.98 Å². The maximum absolute atomic E-state index is 4.21. The van der Waals surface area contributed by atoms with Gasteiger partial charge >= 0.3 is 0 Å². The Hall–Kier alpha value is -0.500. The van der Waals surface area contributed by atoms with Gasteiger partial charge in [-0.2, -0.15) is 0 Å². The van der Waals surface area contributed by atoms with Crippen LogP contribution in [0.3, 0.4) is 0 Å². The van der Waals surface area contributed by atoms with Gasteiger partial charge in [0, 0.05) is 6.20 Å². The van der Waals surface area contributed by atoms with E-state index in [4.69, 9.17) is 0 Å². The van der Waals surface area contributed by atoms with Crippen LogP contribution >= 0.6 is 11.8 Å². The fourth-order valence-corrected chi connectivity index (χ4v) is 1.71. The predicted molar refractivity (Wildman–Crippen MR) is 49.9 cm³/mol. The summed E-state index contributed by atoms with van der Waals surface area (Å²) in [4.78, 5) is 4.21. The number of pyridine rings is 1. The van der Waals surface area contributed by atoms with E-state index in [0.29, 0.717) is 0 Å². The zero-order chi connectivity index (χ0) is 7.94. The second kappa shape index (κ2) is 5.19. The highest BCUT2D eigenvalue weighted by Gasteiger charge is 1.91. The summed E-state index contributed by atoms with van der Waals surface area (Å²) in [7, 11) is 0. The third-order valence-electron chi connectivity index (χ3n) is 1.39. The molecule has 11 heavy (non-hydrogen) atoms. The first-order valence-corrected chi connectivity index (χ1v) is 4.96. The Morgan fingerprint density at radius 3 is 3.00 bits per heavy atom. The van der Waals surface area contributed by atoms with Gasteiger partial charge in [-0.1, -0.05) is 19.4 Å². The summed E-state index contributed by atoms with van der Waals surface area (Å²) in [6.45, 7) is 2.21. The fraction of sp³-hybridized carbons (Fsp3) is 0.444. The lowest BCUT2D eigenvalue weighted by Gasteiger charge is -1.96. The van der Waals surface area contributed by atoms with E-state index < -0.39 is 0 Å². The molecule has 60 valence electrons. The summed E-state index contributed by atoms with van der Waals surface area (Å²) in [5.74, 6) is 1.19. The molecule has 0 saturated carbocycles. The van der Waals surface area contributed by atoms with Gasteiger partial charge in [-0.3, -0.25) is 0 Å². The second-order valence-corrected chi connectivity index (χ2v) is 3.49. The minimum absolute atomic E-state index is 1.14. The number of hydrogen-bond donors (Lipinski definition) is 0. The Morgan fingerprint density at radius 2 is 2.36 bits per heavy atom. The molecule has 0 unspecified atom stereocenters. The van der Waals surface area contributed by atoms with Crippen LogP contribution < -0.4 is 0 Å². The average Bonchev–Trinajstić information content (AvgIpc) is 2.07. The summed E-state index contributed by atoms with van der Waals surface area (Å²) in [5.41, 5.74) is 0. The lowest BCUT2D eigenvalue weighted by atomic mass is 10.4. The molecule has 2 heteroatoms. The van der Waals surface area contributed by atoms with Gasteiger partial charge in [-0.15, -0.1) is 11.8 Å². The van der Waals surface area contributed by atoms with Crippen molar-refractivity contribution in [2.24, 2.45) is 0 Å². The van der Waals surface area contributed by atoms with Crippen molar-refractivity contribution in [3.8, 4) is 0 Å². The van der Waals surface area contributed by atoms with Crippen LogP contribution in [-0.2, 0) is 0 Å². The topological polar surface area (TPSA) is 12.9 Å². The highest BCUT2D eigenvalue weighted by Crippen LogP contribution is 2.15. The van der Waals surface area contributed by atoms with E-state index in [2.05, 4.69) is 18.0 Å². The molecule has 0 saturated heterocycles. The van der Waals surface area contributed by atoms with Crippen molar-refractivity contribution in [2.45, 2.75) is 24.8 Å². The Morgan fingerprint density at radius 1 is 1.45 bits per heavy atom. The summed E-state index contributed by atoms with van der Waals surface area (Å²) in [6.07, 6.45) is 4.38. The lowest BCUT2D eigenvalue weighted by Crippen LogP contribution is -1.80. The van der Waals surface area contributed by atoms with E-state index >= 15 is 0 Å². The number of rotatable bonds is 4. The number of thioether (sulfide) groups is 1. The van der Waals surface area contributed by atoms with Crippen LogP contribution in [0, 0.1) is 0 Å². The molecule has 0 bridgehead atoms. The van der Waals surface area contributed by atoms with Crippen molar-refractivity contribution < 1.29 is 0 Å². The third kappa shape index (κ3) is 3.42. The molecule has 0 spiro atoms. The summed E-state index contributed by atoms with van der Waals surface area (Å²) >= 11 is 1.83. The zero-order valence-electron chi connectivity index (χ0n) is 6.79. The van der Waals surface area contributed by atoms with Crippen LogP contribution in [-0.4, -0.2) is 10.7 Å². The molecule has 1 nitrogen and oxygen atoms in total. The molecule has 1 rings (SSSR count). The fourth-order valence-electron chi connectivity index (χ4n) is 0.754. The molecule has 0 aliphatic carbocycles.